The predicted molar refractivity (Wildman–Crippen MR) is 69.4 cm³/mol. The zero-order valence-electron chi connectivity index (χ0n) is 10.2. The van der Waals surface area contributed by atoms with Gasteiger partial charge < -0.3 is 5.32 Å². The van der Waals surface area contributed by atoms with E-state index in [9.17, 15) is 8.78 Å². The molecule has 0 radical (unpaired) electrons. The molecule has 21 heavy (non-hydrogen) atoms. The standard InChI is InChI=1S/C11H6ClF2N7/c12-9-18-10(17-8-2-6(13)1-7(14)3-8)20-11(19-9)21-5-15-4-16-21/h1-5H,(H,17,18,19,20). The van der Waals surface area contributed by atoms with Crippen molar-refractivity contribution in [1.29, 1.82) is 0 Å². The Labute approximate surface area is 121 Å². The Balaban J connectivity index is 1.95. The van der Waals surface area contributed by atoms with E-state index in [1.54, 1.807) is 0 Å². The summed E-state index contributed by atoms with van der Waals surface area (Å²) in [5.74, 6) is -1.32. The lowest BCUT2D eigenvalue weighted by molar-refractivity contribution is 0.584. The van der Waals surface area contributed by atoms with Crippen LogP contribution in [0.3, 0.4) is 0 Å². The fourth-order valence-corrected chi connectivity index (χ4v) is 1.72. The molecule has 0 saturated carbocycles. The fourth-order valence-electron chi connectivity index (χ4n) is 1.56. The van der Waals surface area contributed by atoms with Crippen LogP contribution >= 0.6 is 11.6 Å². The number of nitrogens with one attached hydrogen (secondary N) is 1. The van der Waals surface area contributed by atoms with Gasteiger partial charge in [0.05, 0.1) is 0 Å². The van der Waals surface area contributed by atoms with E-state index in [2.05, 4.69) is 30.4 Å². The number of benzene rings is 1. The number of hydrogen-bond donors (Lipinski definition) is 1. The maximum Gasteiger partial charge on any atom is 0.258 e. The van der Waals surface area contributed by atoms with Gasteiger partial charge in [-0.3, -0.25) is 0 Å². The van der Waals surface area contributed by atoms with Crippen LogP contribution in [0.25, 0.3) is 5.95 Å². The zero-order valence-corrected chi connectivity index (χ0v) is 11.0. The first kappa shape index (κ1) is 13.3. The molecular weight excluding hydrogens is 304 g/mol. The van der Waals surface area contributed by atoms with Crippen LogP contribution in [0.1, 0.15) is 0 Å². The van der Waals surface area contributed by atoms with Crippen molar-refractivity contribution in [2.24, 2.45) is 0 Å². The molecule has 10 heteroatoms. The maximum absolute atomic E-state index is 13.1. The Kier molecular flexibility index (Phi) is 3.40. The minimum atomic E-state index is -0.728. The van der Waals surface area contributed by atoms with Crippen molar-refractivity contribution in [2.75, 3.05) is 5.32 Å². The smallest absolute Gasteiger partial charge is 0.258 e. The van der Waals surface area contributed by atoms with Gasteiger partial charge >= 0.3 is 0 Å². The maximum atomic E-state index is 13.1. The van der Waals surface area contributed by atoms with Crippen LogP contribution in [0.4, 0.5) is 20.4 Å². The molecule has 0 amide bonds. The molecule has 3 rings (SSSR count). The predicted octanol–water partition coefficient (Wildman–Crippen LogP) is 2.13. The number of hydrogen-bond acceptors (Lipinski definition) is 6. The van der Waals surface area contributed by atoms with Gasteiger partial charge in [0.25, 0.3) is 5.95 Å². The molecule has 0 aliphatic heterocycles. The molecule has 0 unspecified atom stereocenters. The monoisotopic (exact) mass is 309 g/mol. The molecule has 106 valence electrons. The summed E-state index contributed by atoms with van der Waals surface area (Å²) in [7, 11) is 0. The molecular formula is C11H6ClF2N7. The van der Waals surface area contributed by atoms with Crippen molar-refractivity contribution in [3.63, 3.8) is 0 Å². The molecule has 2 heterocycles. The van der Waals surface area contributed by atoms with Crippen molar-refractivity contribution < 1.29 is 8.78 Å². The van der Waals surface area contributed by atoms with Crippen LogP contribution < -0.4 is 5.32 Å². The lowest BCUT2D eigenvalue weighted by atomic mass is 10.3. The van der Waals surface area contributed by atoms with Gasteiger partial charge in [0.2, 0.25) is 11.2 Å². The molecule has 0 saturated heterocycles. The van der Waals surface area contributed by atoms with Crippen molar-refractivity contribution in [3.8, 4) is 5.95 Å². The first-order valence-electron chi connectivity index (χ1n) is 5.60. The SMILES string of the molecule is Fc1cc(F)cc(Nc2nc(Cl)nc(-n3cncn3)n2)c1. The van der Waals surface area contributed by atoms with Crippen molar-refractivity contribution in [2.45, 2.75) is 0 Å². The quantitative estimate of drug-likeness (QED) is 0.798. The fraction of sp³-hybridized carbons (Fsp3) is 0. The van der Waals surface area contributed by atoms with E-state index in [0.717, 1.165) is 18.2 Å². The van der Waals surface area contributed by atoms with Crippen molar-refractivity contribution >= 4 is 23.2 Å². The summed E-state index contributed by atoms with van der Waals surface area (Å²) in [4.78, 5) is 15.5. The first-order chi connectivity index (χ1) is 10.1. The van der Waals surface area contributed by atoms with E-state index < -0.39 is 11.6 Å². The van der Waals surface area contributed by atoms with Crippen LogP contribution in [0.15, 0.2) is 30.9 Å². The highest BCUT2D eigenvalue weighted by Crippen LogP contribution is 2.18. The van der Waals surface area contributed by atoms with E-state index in [1.165, 1.54) is 17.3 Å². The summed E-state index contributed by atoms with van der Waals surface area (Å²) in [6, 6.07) is 2.94. The molecule has 0 atom stereocenters. The van der Waals surface area contributed by atoms with E-state index in [1.807, 2.05) is 0 Å². The molecule has 0 bridgehead atoms. The number of rotatable bonds is 3. The van der Waals surface area contributed by atoms with Crippen molar-refractivity contribution in [1.82, 2.24) is 29.7 Å². The topological polar surface area (TPSA) is 81.4 Å². The molecule has 2 aromatic heterocycles. The summed E-state index contributed by atoms with van der Waals surface area (Å²) in [6.45, 7) is 0. The number of aromatic nitrogens is 6. The molecule has 1 N–H and O–H groups in total. The Morgan fingerprint density at radius 1 is 1.05 bits per heavy atom. The van der Waals surface area contributed by atoms with Crippen LogP contribution in [0.5, 0.6) is 0 Å². The number of nitrogens with zero attached hydrogens (tertiary/aromatic N) is 6. The molecule has 7 nitrogen and oxygen atoms in total. The molecule has 1 aromatic carbocycles. The largest absolute Gasteiger partial charge is 0.324 e. The highest BCUT2D eigenvalue weighted by molar-refractivity contribution is 6.28. The first-order valence-corrected chi connectivity index (χ1v) is 5.98. The summed E-state index contributed by atoms with van der Waals surface area (Å²) < 4.78 is 27.5. The summed E-state index contributed by atoms with van der Waals surface area (Å²) in [5.41, 5.74) is 0.138. The third kappa shape index (κ3) is 3.08. The Morgan fingerprint density at radius 3 is 2.48 bits per heavy atom. The number of anilines is 2. The average Bonchev–Trinajstić information content (AvgIpc) is 2.90. The lowest BCUT2D eigenvalue weighted by Gasteiger charge is -2.06. The minimum absolute atomic E-state index is 0.0190. The van der Waals surface area contributed by atoms with Gasteiger partial charge in [-0.2, -0.15) is 24.7 Å². The lowest BCUT2D eigenvalue weighted by Crippen LogP contribution is -2.07. The normalized spacial score (nSPS) is 10.6. The van der Waals surface area contributed by atoms with Gasteiger partial charge in [0.15, 0.2) is 0 Å². The second kappa shape index (κ2) is 5.37. The zero-order chi connectivity index (χ0) is 14.8. The van der Waals surface area contributed by atoms with E-state index in [4.69, 9.17) is 11.6 Å². The highest BCUT2D eigenvalue weighted by atomic mass is 35.5. The van der Waals surface area contributed by atoms with Crippen LogP contribution in [-0.2, 0) is 0 Å². The van der Waals surface area contributed by atoms with Gasteiger partial charge in [-0.15, -0.1) is 0 Å². The molecule has 0 fully saturated rings. The van der Waals surface area contributed by atoms with Gasteiger partial charge in [0, 0.05) is 11.8 Å². The molecule has 3 aromatic rings. The third-order valence-corrected chi connectivity index (χ3v) is 2.51. The van der Waals surface area contributed by atoms with Gasteiger partial charge in [-0.1, -0.05) is 0 Å². The minimum Gasteiger partial charge on any atom is -0.324 e. The highest BCUT2D eigenvalue weighted by Gasteiger charge is 2.09. The summed E-state index contributed by atoms with van der Waals surface area (Å²) in [5, 5.41) is 6.39. The van der Waals surface area contributed by atoms with E-state index in [-0.39, 0.29) is 22.9 Å². The average molecular weight is 310 g/mol. The second-order valence-corrected chi connectivity index (χ2v) is 4.19. The van der Waals surface area contributed by atoms with Gasteiger partial charge in [-0.25, -0.2) is 13.8 Å². The number of halogens is 3. The van der Waals surface area contributed by atoms with Gasteiger partial charge in [-0.05, 0) is 23.7 Å². The Morgan fingerprint density at radius 2 is 1.81 bits per heavy atom. The van der Waals surface area contributed by atoms with Crippen molar-refractivity contribution in [3.05, 3.63) is 47.8 Å². The van der Waals surface area contributed by atoms with E-state index >= 15 is 0 Å². The third-order valence-electron chi connectivity index (χ3n) is 2.34. The Bertz CT molecular complexity index is 758. The molecule has 0 aliphatic carbocycles. The molecule has 0 spiro atoms. The summed E-state index contributed by atoms with van der Waals surface area (Å²) in [6.07, 6.45) is 2.67. The van der Waals surface area contributed by atoms with Crippen LogP contribution in [0.2, 0.25) is 5.28 Å². The van der Waals surface area contributed by atoms with Crippen LogP contribution in [0, 0.1) is 11.6 Å². The van der Waals surface area contributed by atoms with Crippen LogP contribution in [-0.4, -0.2) is 29.7 Å². The Hall–Kier alpha value is -2.68. The van der Waals surface area contributed by atoms with Gasteiger partial charge in [0.1, 0.15) is 24.3 Å². The van der Waals surface area contributed by atoms with E-state index in [0.29, 0.717) is 0 Å². The summed E-state index contributed by atoms with van der Waals surface area (Å²) >= 11 is 5.78. The second-order valence-electron chi connectivity index (χ2n) is 3.85. The molecule has 0 aliphatic rings.